The smallest absolute Gasteiger partial charge is 0.254 e. The van der Waals surface area contributed by atoms with Crippen molar-refractivity contribution >= 4 is 29.1 Å². The van der Waals surface area contributed by atoms with E-state index in [1.807, 2.05) is 42.2 Å². The topological polar surface area (TPSA) is 79.0 Å². The first-order valence-electron chi connectivity index (χ1n) is 11.7. The molecule has 2 heterocycles. The molecule has 1 N–H and O–H groups in total. The van der Waals surface area contributed by atoms with Crippen LogP contribution in [0.4, 0.5) is 11.4 Å². The molecule has 7 nitrogen and oxygen atoms in total. The minimum atomic E-state index is -0.225. The predicted octanol–water partition coefficient (Wildman–Crippen LogP) is 4.15. The van der Waals surface area contributed by atoms with Gasteiger partial charge in [0.05, 0.1) is 12.2 Å². The zero-order valence-corrected chi connectivity index (χ0v) is 19.3. The fourth-order valence-electron chi connectivity index (χ4n) is 4.50. The number of rotatable bonds is 5. The molecule has 0 aliphatic carbocycles. The number of amides is 3. The molecule has 0 aromatic heterocycles. The van der Waals surface area contributed by atoms with Gasteiger partial charge in [0.2, 0.25) is 11.8 Å². The summed E-state index contributed by atoms with van der Waals surface area (Å²) in [5.74, 6) is 0.399. The van der Waals surface area contributed by atoms with Crippen molar-refractivity contribution in [1.29, 1.82) is 0 Å². The molecule has 33 heavy (non-hydrogen) atoms. The number of aryl methyl sites for hydroxylation is 1. The van der Waals surface area contributed by atoms with E-state index in [0.717, 1.165) is 37.1 Å². The number of fused-ring (bicyclic) bond motifs is 1. The normalized spacial score (nSPS) is 17.7. The number of benzene rings is 2. The molecule has 2 aromatic carbocycles. The zero-order chi connectivity index (χ0) is 23.4. The Morgan fingerprint density at radius 2 is 1.88 bits per heavy atom. The Morgan fingerprint density at radius 1 is 1.06 bits per heavy atom. The summed E-state index contributed by atoms with van der Waals surface area (Å²) in [5.41, 5.74) is 2.87. The third kappa shape index (κ3) is 5.18. The molecule has 2 aliphatic rings. The van der Waals surface area contributed by atoms with Crippen molar-refractivity contribution in [3.63, 3.8) is 0 Å². The van der Waals surface area contributed by atoms with Gasteiger partial charge in [0, 0.05) is 36.7 Å². The summed E-state index contributed by atoms with van der Waals surface area (Å²) in [4.78, 5) is 41.8. The van der Waals surface area contributed by atoms with E-state index in [-0.39, 0.29) is 36.6 Å². The molecule has 0 radical (unpaired) electrons. The van der Waals surface area contributed by atoms with Gasteiger partial charge in [-0.05, 0) is 69.0 Å². The van der Waals surface area contributed by atoms with Crippen LogP contribution in [0.1, 0.15) is 54.9 Å². The third-order valence-electron chi connectivity index (χ3n) is 6.41. The van der Waals surface area contributed by atoms with Crippen molar-refractivity contribution in [2.75, 3.05) is 29.9 Å². The first-order valence-corrected chi connectivity index (χ1v) is 11.7. The van der Waals surface area contributed by atoms with Crippen LogP contribution < -0.4 is 15.0 Å². The molecule has 0 bridgehead atoms. The van der Waals surface area contributed by atoms with Gasteiger partial charge in [-0.3, -0.25) is 14.4 Å². The van der Waals surface area contributed by atoms with Crippen molar-refractivity contribution < 1.29 is 19.1 Å². The van der Waals surface area contributed by atoms with Gasteiger partial charge < -0.3 is 19.9 Å². The van der Waals surface area contributed by atoms with E-state index < -0.39 is 0 Å². The number of carbonyl (C=O) groups is 3. The second-order valence-corrected chi connectivity index (χ2v) is 8.78. The minimum absolute atomic E-state index is 0.0413. The number of nitrogens with zero attached hydrogens (tertiary/aromatic N) is 2. The Kier molecular flexibility index (Phi) is 6.96. The Bertz CT molecular complexity index is 1050. The highest BCUT2D eigenvalue weighted by atomic mass is 16.5. The van der Waals surface area contributed by atoms with Gasteiger partial charge in [-0.1, -0.05) is 12.1 Å². The van der Waals surface area contributed by atoms with Crippen LogP contribution in [0.25, 0.3) is 0 Å². The number of hydrogen-bond donors (Lipinski definition) is 1. The van der Waals surface area contributed by atoms with Crippen molar-refractivity contribution in [2.45, 2.75) is 52.0 Å². The fraction of sp³-hybridized carbons (Fsp3) is 0.423. The summed E-state index contributed by atoms with van der Waals surface area (Å²) in [6.45, 7) is 5.67. The van der Waals surface area contributed by atoms with Crippen LogP contribution in [0.2, 0.25) is 0 Å². The van der Waals surface area contributed by atoms with Gasteiger partial charge in [-0.2, -0.15) is 0 Å². The van der Waals surface area contributed by atoms with Crippen molar-refractivity contribution in [3.8, 4) is 5.75 Å². The second kappa shape index (κ2) is 10.1. The van der Waals surface area contributed by atoms with E-state index in [0.29, 0.717) is 30.2 Å². The average Bonchev–Trinajstić information content (AvgIpc) is 2.83. The monoisotopic (exact) mass is 449 g/mol. The second-order valence-electron chi connectivity index (χ2n) is 8.78. The molecule has 1 saturated heterocycles. The highest BCUT2D eigenvalue weighted by Crippen LogP contribution is 2.31. The molecule has 7 heteroatoms. The highest BCUT2D eigenvalue weighted by molar-refractivity contribution is 6.00. The van der Waals surface area contributed by atoms with Gasteiger partial charge >= 0.3 is 0 Å². The number of likely N-dealkylation sites (tertiary alicyclic amines) is 1. The number of ether oxygens (including phenoxy) is 1. The Hall–Kier alpha value is -3.35. The summed E-state index contributed by atoms with van der Waals surface area (Å²) < 4.78 is 5.59. The van der Waals surface area contributed by atoms with Gasteiger partial charge in [0.25, 0.3) is 5.91 Å². The predicted molar refractivity (Wildman–Crippen MR) is 128 cm³/mol. The first kappa shape index (κ1) is 22.8. The summed E-state index contributed by atoms with van der Waals surface area (Å²) in [7, 11) is 0. The number of hydrogen-bond acceptors (Lipinski definition) is 4. The van der Waals surface area contributed by atoms with Crippen molar-refractivity contribution in [3.05, 3.63) is 53.6 Å². The van der Waals surface area contributed by atoms with Crippen molar-refractivity contribution in [1.82, 2.24) is 4.90 Å². The van der Waals surface area contributed by atoms with Gasteiger partial charge in [-0.25, -0.2) is 0 Å². The largest absolute Gasteiger partial charge is 0.490 e. The standard InChI is InChI=1S/C26H31N3O4/c1-18-17-20(26(32)28-14-6-5-7-19(28)2)10-11-21(18)27-24(30)12-13-25(31)29-15-16-33-23-9-4-3-8-22(23)29/h3-4,8-11,17,19H,5-7,12-16H2,1-2H3,(H,27,30). The number of anilines is 2. The van der Waals surface area contributed by atoms with Crippen molar-refractivity contribution in [2.24, 2.45) is 0 Å². The molecule has 4 rings (SSSR count). The molecule has 174 valence electrons. The third-order valence-corrected chi connectivity index (χ3v) is 6.41. The van der Waals surface area contributed by atoms with Gasteiger partial charge in [0.1, 0.15) is 12.4 Å². The van der Waals surface area contributed by atoms with E-state index in [4.69, 9.17) is 4.74 Å². The zero-order valence-electron chi connectivity index (χ0n) is 19.3. The first-order chi connectivity index (χ1) is 15.9. The maximum absolute atomic E-state index is 12.9. The van der Waals surface area contributed by atoms with Crippen LogP contribution in [-0.4, -0.2) is 48.4 Å². The van der Waals surface area contributed by atoms with Gasteiger partial charge in [0.15, 0.2) is 0 Å². The number of para-hydroxylation sites is 2. The van der Waals surface area contributed by atoms with E-state index in [2.05, 4.69) is 12.2 Å². The van der Waals surface area contributed by atoms with Crippen LogP contribution in [0.15, 0.2) is 42.5 Å². The van der Waals surface area contributed by atoms with Crippen LogP contribution in [0.5, 0.6) is 5.75 Å². The number of nitrogens with one attached hydrogen (secondary N) is 1. The average molecular weight is 450 g/mol. The SMILES string of the molecule is Cc1cc(C(=O)N2CCCCC2C)ccc1NC(=O)CCC(=O)N1CCOc2ccccc21. The van der Waals surface area contributed by atoms with Gasteiger partial charge in [-0.15, -0.1) is 0 Å². The summed E-state index contributed by atoms with van der Waals surface area (Å²) >= 11 is 0. The lowest BCUT2D eigenvalue weighted by atomic mass is 10.0. The van der Waals surface area contributed by atoms with E-state index in [1.165, 1.54) is 0 Å². The summed E-state index contributed by atoms with van der Waals surface area (Å²) in [6.07, 6.45) is 3.44. The van der Waals surface area contributed by atoms with Crippen LogP contribution in [0.3, 0.4) is 0 Å². The van der Waals surface area contributed by atoms with E-state index in [1.54, 1.807) is 17.0 Å². The molecule has 1 unspecified atom stereocenters. The highest BCUT2D eigenvalue weighted by Gasteiger charge is 2.25. The molecule has 2 aromatic rings. The maximum Gasteiger partial charge on any atom is 0.254 e. The minimum Gasteiger partial charge on any atom is -0.490 e. The molecule has 0 spiro atoms. The molecule has 2 aliphatic heterocycles. The van der Waals surface area contributed by atoms with Crippen LogP contribution in [-0.2, 0) is 9.59 Å². The number of carbonyl (C=O) groups excluding carboxylic acids is 3. The number of piperidine rings is 1. The van der Waals surface area contributed by atoms with Crippen LogP contribution in [0, 0.1) is 6.92 Å². The Balaban J connectivity index is 1.33. The lowest BCUT2D eigenvalue weighted by Gasteiger charge is -2.33. The molecular formula is C26H31N3O4. The molecule has 1 atom stereocenters. The Labute approximate surface area is 194 Å². The molecule has 1 fully saturated rings. The molecular weight excluding hydrogens is 418 g/mol. The molecule has 3 amide bonds. The quantitative estimate of drug-likeness (QED) is 0.744. The van der Waals surface area contributed by atoms with E-state index in [9.17, 15) is 14.4 Å². The van der Waals surface area contributed by atoms with E-state index >= 15 is 0 Å². The summed E-state index contributed by atoms with van der Waals surface area (Å²) in [6, 6.07) is 13.0. The summed E-state index contributed by atoms with van der Waals surface area (Å²) in [5, 5.41) is 2.88. The fourth-order valence-corrected chi connectivity index (χ4v) is 4.50. The maximum atomic E-state index is 12.9. The molecule has 0 saturated carbocycles. The Morgan fingerprint density at radius 3 is 2.67 bits per heavy atom. The lowest BCUT2D eigenvalue weighted by molar-refractivity contribution is -0.122. The van der Waals surface area contributed by atoms with Crippen LogP contribution >= 0.6 is 0 Å². The lowest BCUT2D eigenvalue weighted by Crippen LogP contribution is -2.42.